The van der Waals surface area contributed by atoms with E-state index < -0.39 is 5.97 Å². The van der Waals surface area contributed by atoms with E-state index in [0.717, 1.165) is 5.56 Å². The van der Waals surface area contributed by atoms with E-state index >= 15 is 0 Å². The molecule has 0 bridgehead atoms. The largest absolute Gasteiger partial charge is 0.465 e. The molecule has 0 saturated carbocycles. The molecule has 0 spiro atoms. The van der Waals surface area contributed by atoms with Crippen LogP contribution in [0.5, 0.6) is 0 Å². The lowest BCUT2D eigenvalue weighted by Crippen LogP contribution is -2.06. The van der Waals surface area contributed by atoms with Crippen LogP contribution in [0.25, 0.3) is 0 Å². The van der Waals surface area contributed by atoms with Gasteiger partial charge in [-0.1, -0.05) is 22.0 Å². The number of carbonyl (C=O) groups is 1. The van der Waals surface area contributed by atoms with Crippen molar-refractivity contribution in [2.45, 2.75) is 5.33 Å². The minimum atomic E-state index is -0.513. The van der Waals surface area contributed by atoms with Gasteiger partial charge in [0.2, 0.25) is 0 Å². The summed E-state index contributed by atoms with van der Waals surface area (Å²) in [4.78, 5) is 11.5. The topological polar surface area (TPSA) is 50.1 Å². The Morgan fingerprint density at radius 1 is 1.60 bits per heavy atom. The van der Waals surface area contributed by atoms with Crippen molar-refractivity contribution in [3.8, 4) is 6.07 Å². The summed E-state index contributed by atoms with van der Waals surface area (Å²) in [6, 6.07) is 5.34. The SMILES string of the molecule is COC(=O)c1c(C#N)ccc(CBr)c1Br. The average molecular weight is 333 g/mol. The second-order valence-corrected chi connectivity index (χ2v) is 4.05. The fraction of sp³-hybridized carbons (Fsp3) is 0.200. The molecule has 0 fully saturated rings. The van der Waals surface area contributed by atoms with Crippen LogP contribution in [0.15, 0.2) is 16.6 Å². The summed E-state index contributed by atoms with van der Waals surface area (Å²) >= 11 is 6.59. The lowest BCUT2D eigenvalue weighted by molar-refractivity contribution is 0.0599. The standard InChI is InChI=1S/C10H7Br2NO2/c1-15-10(14)8-7(5-13)3-2-6(4-11)9(8)12/h2-3H,4H2,1H3. The Bertz CT molecular complexity index is 438. The van der Waals surface area contributed by atoms with Crippen molar-refractivity contribution in [2.24, 2.45) is 0 Å². The molecule has 78 valence electrons. The lowest BCUT2D eigenvalue weighted by atomic mass is 10.1. The zero-order chi connectivity index (χ0) is 11.4. The van der Waals surface area contributed by atoms with Crippen LogP contribution < -0.4 is 0 Å². The molecule has 0 atom stereocenters. The summed E-state index contributed by atoms with van der Waals surface area (Å²) in [5.74, 6) is -0.513. The van der Waals surface area contributed by atoms with Crippen molar-refractivity contribution in [1.29, 1.82) is 5.26 Å². The second-order valence-electron chi connectivity index (χ2n) is 2.70. The minimum Gasteiger partial charge on any atom is -0.465 e. The predicted molar refractivity (Wildman–Crippen MR) is 62.8 cm³/mol. The van der Waals surface area contributed by atoms with Crippen LogP contribution in [0.3, 0.4) is 0 Å². The van der Waals surface area contributed by atoms with Crippen LogP contribution in [0.2, 0.25) is 0 Å². The van der Waals surface area contributed by atoms with Gasteiger partial charge in [-0.15, -0.1) is 0 Å². The smallest absolute Gasteiger partial charge is 0.340 e. The summed E-state index contributed by atoms with van der Waals surface area (Å²) in [7, 11) is 1.29. The molecule has 1 aromatic carbocycles. The number of hydrogen-bond acceptors (Lipinski definition) is 3. The Hall–Kier alpha value is -0.860. The summed E-state index contributed by atoms with van der Waals surface area (Å²) in [5.41, 5.74) is 1.48. The maximum absolute atomic E-state index is 11.5. The van der Waals surface area contributed by atoms with Gasteiger partial charge < -0.3 is 4.74 Å². The second kappa shape index (κ2) is 5.29. The predicted octanol–water partition coefficient (Wildman–Crippen LogP) is 3.00. The molecule has 5 heteroatoms. The molecular formula is C10H7Br2NO2. The van der Waals surface area contributed by atoms with Gasteiger partial charge in [0.25, 0.3) is 0 Å². The van der Waals surface area contributed by atoms with E-state index in [0.29, 0.717) is 15.4 Å². The zero-order valence-corrected chi connectivity index (χ0v) is 11.1. The van der Waals surface area contributed by atoms with Gasteiger partial charge in [-0.05, 0) is 27.6 Å². The molecule has 0 unspecified atom stereocenters. The van der Waals surface area contributed by atoms with Crippen molar-refractivity contribution >= 4 is 37.8 Å². The number of methoxy groups -OCH3 is 1. The summed E-state index contributed by atoms with van der Waals surface area (Å²) < 4.78 is 5.23. The van der Waals surface area contributed by atoms with Gasteiger partial charge in [0.05, 0.1) is 18.2 Å². The van der Waals surface area contributed by atoms with E-state index in [2.05, 4.69) is 36.6 Å². The Labute approximate surface area is 104 Å². The summed E-state index contributed by atoms with van der Waals surface area (Å²) in [6.45, 7) is 0. The molecule has 0 heterocycles. The number of hydrogen-bond donors (Lipinski definition) is 0. The molecule has 0 amide bonds. The highest BCUT2D eigenvalue weighted by molar-refractivity contribution is 9.10. The van der Waals surface area contributed by atoms with Gasteiger partial charge in [-0.25, -0.2) is 4.79 Å². The highest BCUT2D eigenvalue weighted by Gasteiger charge is 2.18. The van der Waals surface area contributed by atoms with Crippen LogP contribution in [-0.2, 0) is 10.1 Å². The lowest BCUT2D eigenvalue weighted by Gasteiger charge is -2.07. The normalized spacial score (nSPS) is 9.47. The number of nitrogens with zero attached hydrogens (tertiary/aromatic N) is 1. The number of ether oxygens (including phenoxy) is 1. The highest BCUT2D eigenvalue weighted by atomic mass is 79.9. The third-order valence-corrected chi connectivity index (χ3v) is 3.39. The monoisotopic (exact) mass is 331 g/mol. The maximum atomic E-state index is 11.5. The van der Waals surface area contributed by atoms with Crippen LogP contribution in [0, 0.1) is 11.3 Å². The molecule has 0 aliphatic carbocycles. The summed E-state index contributed by atoms with van der Waals surface area (Å²) in [6.07, 6.45) is 0. The number of carbonyl (C=O) groups excluding carboxylic acids is 1. The molecule has 15 heavy (non-hydrogen) atoms. The quantitative estimate of drug-likeness (QED) is 0.618. The molecule has 0 aliphatic rings. The Balaban J connectivity index is 3.44. The van der Waals surface area contributed by atoms with Gasteiger partial charge in [0, 0.05) is 9.80 Å². The number of alkyl halides is 1. The average Bonchev–Trinajstić information content (AvgIpc) is 2.27. The molecule has 1 aromatic rings. The van der Waals surface area contributed by atoms with Crippen molar-refractivity contribution < 1.29 is 9.53 Å². The fourth-order valence-electron chi connectivity index (χ4n) is 1.12. The van der Waals surface area contributed by atoms with Crippen LogP contribution >= 0.6 is 31.9 Å². The van der Waals surface area contributed by atoms with Gasteiger partial charge in [0.15, 0.2) is 0 Å². The Morgan fingerprint density at radius 3 is 2.73 bits per heavy atom. The van der Waals surface area contributed by atoms with E-state index in [1.54, 1.807) is 12.1 Å². The van der Waals surface area contributed by atoms with Gasteiger partial charge >= 0.3 is 5.97 Å². The molecular weight excluding hydrogens is 326 g/mol. The molecule has 1 rings (SSSR count). The number of halogens is 2. The molecule has 0 saturated heterocycles. The third kappa shape index (κ3) is 2.39. The van der Waals surface area contributed by atoms with Crippen molar-refractivity contribution in [2.75, 3.05) is 7.11 Å². The van der Waals surface area contributed by atoms with Crippen LogP contribution in [0.1, 0.15) is 21.5 Å². The van der Waals surface area contributed by atoms with Gasteiger partial charge in [-0.3, -0.25) is 0 Å². The first-order valence-electron chi connectivity index (χ1n) is 4.01. The molecule has 0 aromatic heterocycles. The number of rotatable bonds is 2. The molecule has 0 radical (unpaired) electrons. The Kier molecular flexibility index (Phi) is 4.30. The number of benzene rings is 1. The van der Waals surface area contributed by atoms with E-state index in [9.17, 15) is 4.79 Å². The first-order valence-corrected chi connectivity index (χ1v) is 5.93. The third-order valence-electron chi connectivity index (χ3n) is 1.88. The maximum Gasteiger partial charge on any atom is 0.340 e. The Morgan fingerprint density at radius 2 is 2.27 bits per heavy atom. The van der Waals surface area contributed by atoms with Crippen molar-refractivity contribution in [3.05, 3.63) is 33.3 Å². The molecule has 0 N–H and O–H groups in total. The van der Waals surface area contributed by atoms with E-state index in [1.165, 1.54) is 7.11 Å². The van der Waals surface area contributed by atoms with Gasteiger partial charge in [0.1, 0.15) is 6.07 Å². The molecule has 0 aliphatic heterocycles. The zero-order valence-electron chi connectivity index (χ0n) is 7.88. The molecule has 3 nitrogen and oxygen atoms in total. The van der Waals surface area contributed by atoms with E-state index in [1.807, 2.05) is 6.07 Å². The summed E-state index contributed by atoms with van der Waals surface area (Å²) in [5, 5.41) is 9.46. The van der Waals surface area contributed by atoms with Gasteiger partial charge in [-0.2, -0.15) is 5.26 Å². The van der Waals surface area contributed by atoms with E-state index in [-0.39, 0.29) is 5.56 Å². The van der Waals surface area contributed by atoms with Crippen LogP contribution in [0.4, 0.5) is 0 Å². The van der Waals surface area contributed by atoms with E-state index in [4.69, 9.17) is 5.26 Å². The fourth-order valence-corrected chi connectivity index (χ4v) is 2.61. The van der Waals surface area contributed by atoms with Crippen LogP contribution in [-0.4, -0.2) is 13.1 Å². The van der Waals surface area contributed by atoms with Crippen molar-refractivity contribution in [1.82, 2.24) is 0 Å². The highest BCUT2D eigenvalue weighted by Crippen LogP contribution is 2.27. The first-order chi connectivity index (χ1) is 7.15. The number of nitriles is 1. The minimum absolute atomic E-state index is 0.275. The number of esters is 1. The first kappa shape index (κ1) is 12.2. The van der Waals surface area contributed by atoms with Crippen molar-refractivity contribution in [3.63, 3.8) is 0 Å².